The van der Waals surface area contributed by atoms with Crippen LogP contribution in [0.25, 0.3) is 51.4 Å². The van der Waals surface area contributed by atoms with Gasteiger partial charge < -0.3 is 0 Å². The highest BCUT2D eigenvalue weighted by atomic mass is 32.1. The first kappa shape index (κ1) is 55.2. The van der Waals surface area contributed by atoms with Crippen LogP contribution in [0.3, 0.4) is 0 Å². The average Bonchev–Trinajstić information content (AvgIpc) is 4.25. The summed E-state index contributed by atoms with van der Waals surface area (Å²) in [6.07, 6.45) is 49.9. The number of aryl methyl sites for hydroxylation is 1. The minimum Gasteiger partial charge on any atom is -0.184 e. The van der Waals surface area contributed by atoms with Gasteiger partial charge >= 0.3 is 0 Å². The van der Waals surface area contributed by atoms with Crippen LogP contribution in [-0.4, -0.2) is 15.0 Å². The second-order valence-corrected chi connectivity index (χ2v) is 25.4. The van der Waals surface area contributed by atoms with Crippen molar-refractivity contribution in [3.63, 3.8) is 0 Å². The van der Waals surface area contributed by atoms with Gasteiger partial charge in [0.25, 0.3) is 0 Å². The summed E-state index contributed by atoms with van der Waals surface area (Å²) in [7, 11) is 0. The summed E-state index contributed by atoms with van der Waals surface area (Å²) >= 11 is 7.82. The molecule has 5 aromatic heterocycles. The van der Waals surface area contributed by atoms with Crippen molar-refractivity contribution in [2.75, 3.05) is 0 Å². The van der Waals surface area contributed by atoms with E-state index in [2.05, 4.69) is 91.4 Å². The summed E-state index contributed by atoms with van der Waals surface area (Å²) in [4.78, 5) is 10.6. The lowest BCUT2D eigenvalue weighted by Gasteiger charge is -2.31. The van der Waals surface area contributed by atoms with E-state index < -0.39 is 0 Å². The Kier molecular flexibility index (Phi) is 24.6. The van der Waals surface area contributed by atoms with Crippen LogP contribution < -0.4 is 0 Å². The van der Waals surface area contributed by atoms with Gasteiger partial charge in [0.05, 0.1) is 6.54 Å². The van der Waals surface area contributed by atoms with Gasteiger partial charge in [0.2, 0.25) is 0 Å². The van der Waals surface area contributed by atoms with Gasteiger partial charge in [-0.1, -0.05) is 251 Å². The third kappa shape index (κ3) is 16.0. The standard InChI is InChI=1S/C63H93N3S4/c1-4-7-10-13-16-18-20-22-24-26-28-30-32-35-45-63(46-36-33-31-29-27-25-23-21-19-17-14-11-8-5-2)53-44-49-68-61(53)62-54(63)50-58(70-62)57-43-42-56(69-57)52-41-40-51(55-39-38-48-67-55)59-60(52)65-66(64-59)47-37-34-15-12-9-6-3/h38-44,48-50H,4-37,45-47H2,1-3H3. The van der Waals surface area contributed by atoms with Crippen molar-refractivity contribution < 1.29 is 0 Å². The Labute approximate surface area is 443 Å². The van der Waals surface area contributed by atoms with Crippen LogP contribution in [0.2, 0.25) is 0 Å². The van der Waals surface area contributed by atoms with Crippen molar-refractivity contribution in [3.8, 4) is 40.4 Å². The zero-order valence-electron chi connectivity index (χ0n) is 44.4. The molecule has 0 saturated heterocycles. The molecule has 7 heteroatoms. The summed E-state index contributed by atoms with van der Waals surface area (Å²) in [6.45, 7) is 7.81. The van der Waals surface area contributed by atoms with E-state index in [1.54, 1.807) is 32.2 Å². The third-order valence-electron chi connectivity index (χ3n) is 15.7. The van der Waals surface area contributed by atoms with E-state index in [1.807, 2.05) is 27.5 Å². The number of nitrogens with zero attached hydrogens (tertiary/aromatic N) is 3. The zero-order chi connectivity index (χ0) is 48.5. The summed E-state index contributed by atoms with van der Waals surface area (Å²) in [5, 5.41) is 15.0. The summed E-state index contributed by atoms with van der Waals surface area (Å²) in [5.41, 5.74) is 7.99. The number of fused-ring (bicyclic) bond motifs is 4. The fraction of sp³-hybridized carbons (Fsp3) is 0.651. The Morgan fingerprint density at radius 1 is 0.386 bits per heavy atom. The van der Waals surface area contributed by atoms with Crippen molar-refractivity contribution in [3.05, 3.63) is 70.4 Å². The molecule has 1 aliphatic rings. The van der Waals surface area contributed by atoms with Gasteiger partial charge in [-0.05, 0) is 71.5 Å². The topological polar surface area (TPSA) is 30.7 Å². The molecule has 0 aliphatic heterocycles. The monoisotopic (exact) mass is 1020 g/mol. The Morgan fingerprint density at radius 3 is 1.33 bits per heavy atom. The number of hydrogen-bond donors (Lipinski definition) is 0. The number of hydrogen-bond acceptors (Lipinski definition) is 6. The molecule has 0 atom stereocenters. The molecular formula is C63H93N3S4. The molecule has 3 nitrogen and oxygen atoms in total. The number of aromatic nitrogens is 3. The van der Waals surface area contributed by atoms with Crippen LogP contribution in [-0.2, 0) is 12.0 Å². The van der Waals surface area contributed by atoms with E-state index in [0.717, 1.165) is 24.0 Å². The smallest absolute Gasteiger partial charge is 0.122 e. The van der Waals surface area contributed by atoms with Crippen LogP contribution in [0.4, 0.5) is 0 Å². The number of rotatable bonds is 40. The van der Waals surface area contributed by atoms with E-state index in [9.17, 15) is 0 Å². The predicted octanol–water partition coefficient (Wildman–Crippen LogP) is 23.0. The maximum atomic E-state index is 5.23. The normalized spacial score (nSPS) is 13.0. The molecule has 0 unspecified atom stereocenters. The Bertz CT molecular complexity index is 2270. The second kappa shape index (κ2) is 31.2. The SMILES string of the molecule is CCCCCCCCCCCCCCCCC1(CCCCCCCCCCCCCCCC)c2ccsc2-c2sc(-c3ccc(-c4ccc(-c5cccs5)c5nn(CCCCCCCC)nc45)s3)cc21. The van der Waals surface area contributed by atoms with Crippen molar-refractivity contribution in [2.24, 2.45) is 0 Å². The lowest BCUT2D eigenvalue weighted by atomic mass is 9.71. The van der Waals surface area contributed by atoms with Crippen molar-refractivity contribution in [2.45, 2.75) is 264 Å². The largest absolute Gasteiger partial charge is 0.184 e. The molecule has 7 rings (SSSR count). The van der Waals surface area contributed by atoms with Crippen LogP contribution in [0, 0.1) is 0 Å². The average molecular weight is 1020 g/mol. The molecule has 0 bridgehead atoms. The molecule has 1 aromatic carbocycles. The molecule has 5 heterocycles. The maximum absolute atomic E-state index is 5.23. The van der Waals surface area contributed by atoms with Crippen molar-refractivity contribution >= 4 is 56.4 Å². The van der Waals surface area contributed by atoms with Gasteiger partial charge in [-0.15, -0.1) is 45.3 Å². The van der Waals surface area contributed by atoms with Gasteiger partial charge in [-0.2, -0.15) is 15.0 Å². The zero-order valence-corrected chi connectivity index (χ0v) is 47.7. The van der Waals surface area contributed by atoms with E-state index in [1.165, 1.54) is 255 Å². The number of thiophene rings is 4. The quantitative estimate of drug-likeness (QED) is 0.0359. The molecular weight excluding hydrogens is 927 g/mol. The number of benzene rings is 1. The Hall–Kier alpha value is -2.58. The Morgan fingerprint density at radius 2 is 0.843 bits per heavy atom. The van der Waals surface area contributed by atoms with Gasteiger partial charge in [-0.25, -0.2) is 0 Å². The highest BCUT2D eigenvalue weighted by Gasteiger charge is 2.44. The molecule has 70 heavy (non-hydrogen) atoms. The molecule has 6 aromatic rings. The molecule has 1 aliphatic carbocycles. The minimum absolute atomic E-state index is 0.159. The van der Waals surface area contributed by atoms with Crippen LogP contribution in [0.1, 0.15) is 263 Å². The maximum Gasteiger partial charge on any atom is 0.122 e. The van der Waals surface area contributed by atoms with E-state index in [4.69, 9.17) is 10.2 Å². The minimum atomic E-state index is 0.159. The first-order valence-electron chi connectivity index (χ1n) is 29.4. The third-order valence-corrected chi connectivity index (χ3v) is 20.2. The lowest BCUT2D eigenvalue weighted by Crippen LogP contribution is -2.24. The molecule has 0 N–H and O–H groups in total. The van der Waals surface area contributed by atoms with E-state index in [0.29, 0.717) is 0 Å². The van der Waals surface area contributed by atoms with Gasteiger partial charge in [-0.3, -0.25) is 0 Å². The summed E-state index contributed by atoms with van der Waals surface area (Å²) in [6, 6.07) is 19.0. The lowest BCUT2D eigenvalue weighted by molar-refractivity contribution is 0.397. The Balaban J connectivity index is 1.01. The highest BCUT2D eigenvalue weighted by Crippen LogP contribution is 2.60. The first-order valence-corrected chi connectivity index (χ1v) is 32.8. The molecule has 384 valence electrons. The van der Waals surface area contributed by atoms with Crippen LogP contribution in [0.5, 0.6) is 0 Å². The highest BCUT2D eigenvalue weighted by molar-refractivity contribution is 7.27. The first-order chi connectivity index (χ1) is 34.7. The summed E-state index contributed by atoms with van der Waals surface area (Å²) < 4.78 is 0. The van der Waals surface area contributed by atoms with Gasteiger partial charge in [0.15, 0.2) is 0 Å². The molecule has 0 amide bonds. The molecule has 0 spiro atoms. The fourth-order valence-electron chi connectivity index (χ4n) is 11.6. The molecule has 0 saturated carbocycles. The van der Waals surface area contributed by atoms with Gasteiger partial charge in [0, 0.05) is 45.8 Å². The number of unbranched alkanes of at least 4 members (excludes halogenated alkanes) is 31. The molecule has 0 radical (unpaired) electrons. The van der Waals surface area contributed by atoms with E-state index >= 15 is 0 Å². The second-order valence-electron chi connectivity index (χ2n) is 21.4. The predicted molar refractivity (Wildman–Crippen MR) is 315 cm³/mol. The molecule has 0 fully saturated rings. The van der Waals surface area contributed by atoms with Crippen molar-refractivity contribution in [1.82, 2.24) is 15.0 Å². The summed E-state index contributed by atoms with van der Waals surface area (Å²) in [5.74, 6) is 0. The van der Waals surface area contributed by atoms with Crippen LogP contribution >= 0.6 is 45.3 Å². The van der Waals surface area contributed by atoms with E-state index in [-0.39, 0.29) is 5.41 Å². The van der Waals surface area contributed by atoms with Gasteiger partial charge in [0.1, 0.15) is 11.0 Å². The fourth-order valence-corrected chi connectivity index (χ4v) is 15.9. The van der Waals surface area contributed by atoms with Crippen molar-refractivity contribution in [1.29, 1.82) is 0 Å². The van der Waals surface area contributed by atoms with Crippen LogP contribution in [0.15, 0.2) is 59.3 Å².